The number of hydrogen-bond donors (Lipinski definition) is 4. The second kappa shape index (κ2) is 15.6. The highest BCUT2D eigenvalue weighted by Gasteiger charge is 2.45. The number of rotatable bonds is 13. The van der Waals surface area contributed by atoms with Crippen molar-refractivity contribution in [2.24, 2.45) is 0 Å². The molecular formula is C37H38BrClFN3O7. The molecule has 2 aliphatic heterocycles. The first kappa shape index (κ1) is 36.0. The molecule has 3 aromatic rings. The van der Waals surface area contributed by atoms with Crippen molar-refractivity contribution in [2.75, 3.05) is 19.7 Å². The third-order valence-corrected chi connectivity index (χ3v) is 10.4. The van der Waals surface area contributed by atoms with Crippen molar-refractivity contribution in [1.29, 1.82) is 0 Å². The van der Waals surface area contributed by atoms with E-state index in [1.807, 2.05) is 47.4 Å². The maximum atomic E-state index is 14.7. The molecule has 0 radical (unpaired) electrons. The predicted octanol–water partition coefficient (Wildman–Crippen LogP) is 4.58. The Labute approximate surface area is 302 Å². The van der Waals surface area contributed by atoms with Crippen molar-refractivity contribution < 1.29 is 38.8 Å². The zero-order chi connectivity index (χ0) is 35.5. The summed E-state index contributed by atoms with van der Waals surface area (Å²) < 4.78 is 20.1. The van der Waals surface area contributed by atoms with Gasteiger partial charge in [-0.25, -0.2) is 9.18 Å². The molecule has 3 aliphatic rings. The Bertz CT molecular complexity index is 1790. The molecule has 4 N–H and O–H groups in total. The van der Waals surface area contributed by atoms with E-state index in [2.05, 4.69) is 21.2 Å². The number of ether oxygens (including phenoxy) is 1. The number of halogens is 3. The van der Waals surface area contributed by atoms with Crippen LogP contribution in [0.15, 0.2) is 76.8 Å². The molecule has 2 fully saturated rings. The summed E-state index contributed by atoms with van der Waals surface area (Å²) in [6, 6.07) is 18.9. The standard InChI is InChI=1S/C37H38BrClFN3O7/c38-28-14-11-24(40)16-31(28)50-15-3-4-21-7-9-22(10-8-21)27-17-25-19-42(36(47)33(44)34(45)37(48)49)20-30(41-25)32(27)35(46)43(26-12-13-26)18-23-5-1-2-6-29(23)39/h1-2,5-11,14,16,25-26,30,33-34,41,44-45H,3-4,12-13,15,17-20H2,(H,48,49)/t25-,30?,33-,34?/m1/s1. The molecule has 264 valence electrons. The molecule has 2 heterocycles. The van der Waals surface area contributed by atoms with E-state index < -0.39 is 30.1 Å². The molecule has 6 rings (SSSR count). The Kier molecular flexibility index (Phi) is 11.2. The van der Waals surface area contributed by atoms with Gasteiger partial charge in [-0.3, -0.25) is 9.59 Å². The van der Waals surface area contributed by atoms with Gasteiger partial charge in [0.15, 0.2) is 12.2 Å². The molecule has 2 unspecified atom stereocenters. The van der Waals surface area contributed by atoms with Crippen molar-refractivity contribution in [3.8, 4) is 5.75 Å². The molecule has 1 saturated heterocycles. The highest BCUT2D eigenvalue weighted by Crippen LogP contribution is 2.38. The SMILES string of the molecule is O=C(O)C(O)[C@@H](O)C(=O)N1CC2N[C@H](CC(c3ccc(CCCOc4cc(F)ccc4Br)cc3)=C2C(=O)N(Cc2ccccc2Cl)C2CC2)C1. The van der Waals surface area contributed by atoms with Gasteiger partial charge in [-0.1, -0.05) is 54.1 Å². The lowest BCUT2D eigenvalue weighted by atomic mass is 9.82. The van der Waals surface area contributed by atoms with Crippen LogP contribution in [0.1, 0.15) is 42.4 Å². The normalized spacial score (nSPS) is 19.9. The smallest absolute Gasteiger partial charge is 0.335 e. The first-order chi connectivity index (χ1) is 24.0. The van der Waals surface area contributed by atoms with Crippen LogP contribution in [0.5, 0.6) is 5.75 Å². The van der Waals surface area contributed by atoms with E-state index in [0.717, 1.165) is 41.5 Å². The average Bonchev–Trinajstić information content (AvgIpc) is 3.95. The first-order valence-electron chi connectivity index (χ1n) is 16.6. The van der Waals surface area contributed by atoms with Crippen molar-refractivity contribution in [3.05, 3.63) is 104 Å². The lowest BCUT2D eigenvalue weighted by Gasteiger charge is -2.45. The molecule has 4 atom stereocenters. The number of aliphatic hydroxyl groups is 2. The maximum Gasteiger partial charge on any atom is 0.335 e. The summed E-state index contributed by atoms with van der Waals surface area (Å²) >= 11 is 9.89. The molecule has 50 heavy (non-hydrogen) atoms. The van der Waals surface area contributed by atoms with Crippen LogP contribution in [0.4, 0.5) is 4.39 Å². The number of amides is 2. The minimum absolute atomic E-state index is 0.00736. The van der Waals surface area contributed by atoms with E-state index in [0.29, 0.717) is 46.8 Å². The van der Waals surface area contributed by atoms with Crippen molar-refractivity contribution >= 4 is 50.9 Å². The van der Waals surface area contributed by atoms with Crippen LogP contribution in [0.25, 0.3) is 5.57 Å². The molecule has 2 bridgehead atoms. The number of hydrogen-bond acceptors (Lipinski definition) is 7. The third kappa shape index (κ3) is 8.21. The number of nitrogens with zero attached hydrogens (tertiary/aromatic N) is 2. The number of nitrogens with one attached hydrogen (secondary N) is 1. The number of piperazine rings is 1. The van der Waals surface area contributed by atoms with E-state index in [1.54, 1.807) is 12.1 Å². The van der Waals surface area contributed by atoms with Crippen LogP contribution in [0.3, 0.4) is 0 Å². The highest BCUT2D eigenvalue weighted by molar-refractivity contribution is 9.10. The molecule has 0 spiro atoms. The summed E-state index contributed by atoms with van der Waals surface area (Å²) in [6.07, 6.45) is -0.855. The Morgan fingerprint density at radius 2 is 1.78 bits per heavy atom. The Balaban J connectivity index is 1.25. The van der Waals surface area contributed by atoms with Crippen molar-refractivity contribution in [2.45, 2.75) is 69.0 Å². The van der Waals surface area contributed by atoms with Crippen LogP contribution < -0.4 is 10.1 Å². The molecule has 1 aliphatic carbocycles. The molecule has 10 nitrogen and oxygen atoms in total. The zero-order valence-electron chi connectivity index (χ0n) is 27.1. The van der Waals surface area contributed by atoms with E-state index >= 15 is 0 Å². The van der Waals surface area contributed by atoms with Gasteiger partial charge in [0, 0.05) is 48.4 Å². The summed E-state index contributed by atoms with van der Waals surface area (Å²) in [5.74, 6) is -2.70. The predicted molar refractivity (Wildman–Crippen MR) is 188 cm³/mol. The molecular weight excluding hydrogens is 733 g/mol. The second-order valence-corrected chi connectivity index (χ2v) is 14.2. The molecule has 3 aromatic carbocycles. The number of benzene rings is 3. The second-order valence-electron chi connectivity index (χ2n) is 13.0. The molecule has 0 aromatic heterocycles. The summed E-state index contributed by atoms with van der Waals surface area (Å²) in [4.78, 5) is 42.3. The third-order valence-electron chi connectivity index (χ3n) is 9.36. The lowest BCUT2D eigenvalue weighted by molar-refractivity contribution is -0.163. The average molecular weight is 771 g/mol. The van der Waals surface area contributed by atoms with Gasteiger partial charge < -0.3 is 35.2 Å². The van der Waals surface area contributed by atoms with Crippen molar-refractivity contribution in [1.82, 2.24) is 15.1 Å². The summed E-state index contributed by atoms with van der Waals surface area (Å²) in [6.45, 7) is 0.885. The fourth-order valence-corrected chi connectivity index (χ4v) is 7.20. The van der Waals surface area contributed by atoms with Crippen LogP contribution in [-0.2, 0) is 27.3 Å². The maximum absolute atomic E-state index is 14.7. The van der Waals surface area contributed by atoms with Gasteiger partial charge >= 0.3 is 5.97 Å². The fraction of sp³-hybridized carbons (Fsp3) is 0.378. The van der Waals surface area contributed by atoms with E-state index in [-0.39, 0.29) is 36.9 Å². The summed E-state index contributed by atoms with van der Waals surface area (Å²) in [5, 5.41) is 33.4. The number of carbonyl (C=O) groups is 3. The molecule has 1 saturated carbocycles. The number of aliphatic hydroxyl groups excluding tert-OH is 2. The van der Waals surface area contributed by atoms with E-state index in [4.69, 9.17) is 21.4 Å². The number of aliphatic carboxylic acids is 1. The zero-order valence-corrected chi connectivity index (χ0v) is 29.4. The molecule has 13 heteroatoms. The Morgan fingerprint density at radius 3 is 2.48 bits per heavy atom. The van der Waals surface area contributed by atoms with Gasteiger partial charge in [-0.15, -0.1) is 0 Å². The number of carbonyl (C=O) groups excluding carboxylic acids is 2. The number of fused-ring (bicyclic) bond motifs is 2. The Hall–Kier alpha value is -3.81. The topological polar surface area (TPSA) is 140 Å². The lowest BCUT2D eigenvalue weighted by Crippen LogP contribution is -2.64. The largest absolute Gasteiger partial charge is 0.492 e. The minimum atomic E-state index is -2.27. The summed E-state index contributed by atoms with van der Waals surface area (Å²) in [7, 11) is 0. The van der Waals surface area contributed by atoms with E-state index in [1.165, 1.54) is 17.0 Å². The summed E-state index contributed by atoms with van der Waals surface area (Å²) in [5.41, 5.74) is 4.13. The number of carboxylic acids is 1. The van der Waals surface area contributed by atoms with Gasteiger partial charge in [0.05, 0.1) is 17.1 Å². The van der Waals surface area contributed by atoms with Crippen LogP contribution in [0, 0.1) is 5.82 Å². The van der Waals surface area contributed by atoms with Crippen LogP contribution >= 0.6 is 27.5 Å². The van der Waals surface area contributed by atoms with Gasteiger partial charge in [-0.2, -0.15) is 0 Å². The van der Waals surface area contributed by atoms with Gasteiger partial charge in [0.2, 0.25) is 0 Å². The number of aryl methyl sites for hydroxylation is 1. The fourth-order valence-electron chi connectivity index (χ4n) is 6.64. The monoisotopic (exact) mass is 769 g/mol. The first-order valence-corrected chi connectivity index (χ1v) is 17.8. The number of carboxylic acid groups (broad SMARTS) is 1. The van der Waals surface area contributed by atoms with Gasteiger partial charge in [0.1, 0.15) is 11.6 Å². The quantitative estimate of drug-likeness (QED) is 0.186. The minimum Gasteiger partial charge on any atom is -0.492 e. The highest BCUT2D eigenvalue weighted by atomic mass is 79.9. The van der Waals surface area contributed by atoms with Crippen molar-refractivity contribution in [3.63, 3.8) is 0 Å². The van der Waals surface area contributed by atoms with Gasteiger partial charge in [0.25, 0.3) is 11.8 Å². The van der Waals surface area contributed by atoms with E-state index in [9.17, 15) is 29.0 Å². The van der Waals surface area contributed by atoms with Gasteiger partial charge in [-0.05, 0) is 88.5 Å². The Morgan fingerprint density at radius 1 is 1.04 bits per heavy atom. The van der Waals surface area contributed by atoms with Crippen LogP contribution in [-0.4, -0.2) is 92.9 Å². The van der Waals surface area contributed by atoms with Crippen LogP contribution in [0.2, 0.25) is 5.02 Å². The molecule has 2 amide bonds.